The summed E-state index contributed by atoms with van der Waals surface area (Å²) >= 11 is 0. The molecule has 2 aliphatic rings. The standard InChI is InChI=1S/C15H18O2/c1-10-3-2-4-13(10)15(16)12-5-6-14-11(9-12)7-8-17-14/h5-6,9-10,13H,2-4,7-8H2,1H3. The van der Waals surface area contributed by atoms with Crippen LogP contribution in [0.25, 0.3) is 0 Å². The van der Waals surface area contributed by atoms with Gasteiger partial charge >= 0.3 is 0 Å². The summed E-state index contributed by atoms with van der Waals surface area (Å²) in [6, 6.07) is 5.92. The Kier molecular flexibility index (Phi) is 2.65. The fraction of sp³-hybridized carbons (Fsp3) is 0.533. The molecule has 0 spiro atoms. The van der Waals surface area contributed by atoms with Crippen LogP contribution in [-0.2, 0) is 6.42 Å². The monoisotopic (exact) mass is 230 g/mol. The second-order valence-corrected chi connectivity index (χ2v) is 5.30. The number of hydrogen-bond donors (Lipinski definition) is 0. The number of hydrogen-bond acceptors (Lipinski definition) is 2. The van der Waals surface area contributed by atoms with Crippen LogP contribution in [0.4, 0.5) is 0 Å². The fourth-order valence-corrected chi connectivity index (χ4v) is 3.09. The van der Waals surface area contributed by atoms with Crippen molar-refractivity contribution in [3.8, 4) is 5.75 Å². The van der Waals surface area contributed by atoms with Gasteiger partial charge in [-0.2, -0.15) is 0 Å². The first kappa shape index (κ1) is 10.8. The van der Waals surface area contributed by atoms with Crippen molar-refractivity contribution in [2.75, 3.05) is 6.61 Å². The van der Waals surface area contributed by atoms with E-state index in [0.29, 0.717) is 11.7 Å². The predicted octanol–water partition coefficient (Wildman–Crippen LogP) is 3.24. The molecule has 1 heterocycles. The van der Waals surface area contributed by atoms with E-state index in [9.17, 15) is 4.79 Å². The number of ketones is 1. The third-order valence-corrected chi connectivity index (χ3v) is 4.17. The number of fused-ring (bicyclic) bond motifs is 1. The second-order valence-electron chi connectivity index (χ2n) is 5.30. The molecule has 0 saturated heterocycles. The highest BCUT2D eigenvalue weighted by molar-refractivity contribution is 5.98. The number of carbonyl (C=O) groups is 1. The molecule has 2 atom stereocenters. The van der Waals surface area contributed by atoms with Crippen LogP contribution in [0.2, 0.25) is 0 Å². The molecule has 0 aromatic heterocycles. The van der Waals surface area contributed by atoms with Crippen LogP contribution in [0.1, 0.15) is 42.1 Å². The highest BCUT2D eigenvalue weighted by Gasteiger charge is 2.30. The van der Waals surface area contributed by atoms with Crippen LogP contribution in [0.3, 0.4) is 0 Å². The van der Waals surface area contributed by atoms with E-state index in [4.69, 9.17) is 4.74 Å². The van der Waals surface area contributed by atoms with Crippen molar-refractivity contribution < 1.29 is 9.53 Å². The zero-order valence-corrected chi connectivity index (χ0v) is 10.2. The lowest BCUT2D eigenvalue weighted by Crippen LogP contribution is -2.17. The molecule has 2 heteroatoms. The maximum Gasteiger partial charge on any atom is 0.166 e. The first-order valence-corrected chi connectivity index (χ1v) is 6.55. The molecule has 1 aromatic carbocycles. The topological polar surface area (TPSA) is 26.3 Å². The van der Waals surface area contributed by atoms with E-state index in [-0.39, 0.29) is 5.92 Å². The van der Waals surface area contributed by atoms with E-state index in [1.807, 2.05) is 18.2 Å². The molecule has 0 radical (unpaired) electrons. The molecule has 1 aromatic rings. The molecule has 2 nitrogen and oxygen atoms in total. The number of Topliss-reactive ketones (excluding diaryl/α,β-unsaturated/α-hetero) is 1. The van der Waals surface area contributed by atoms with Crippen molar-refractivity contribution in [2.24, 2.45) is 11.8 Å². The normalized spacial score (nSPS) is 26.6. The van der Waals surface area contributed by atoms with Gasteiger partial charge in [-0.15, -0.1) is 0 Å². The van der Waals surface area contributed by atoms with Gasteiger partial charge in [0, 0.05) is 17.9 Å². The minimum atomic E-state index is 0.246. The summed E-state index contributed by atoms with van der Waals surface area (Å²) in [5, 5.41) is 0. The van der Waals surface area contributed by atoms with Gasteiger partial charge in [0.15, 0.2) is 5.78 Å². The number of carbonyl (C=O) groups excluding carboxylic acids is 1. The van der Waals surface area contributed by atoms with E-state index < -0.39 is 0 Å². The van der Waals surface area contributed by atoms with Gasteiger partial charge in [0.25, 0.3) is 0 Å². The van der Waals surface area contributed by atoms with Crippen molar-refractivity contribution in [3.63, 3.8) is 0 Å². The van der Waals surface area contributed by atoms with E-state index in [1.165, 1.54) is 18.4 Å². The summed E-state index contributed by atoms with van der Waals surface area (Å²) in [5.41, 5.74) is 2.08. The van der Waals surface area contributed by atoms with Crippen molar-refractivity contribution >= 4 is 5.78 Å². The summed E-state index contributed by atoms with van der Waals surface area (Å²) in [6.45, 7) is 2.96. The lowest BCUT2D eigenvalue weighted by molar-refractivity contribution is 0.0897. The van der Waals surface area contributed by atoms with Gasteiger partial charge in [-0.25, -0.2) is 0 Å². The Morgan fingerprint density at radius 3 is 3.00 bits per heavy atom. The van der Waals surface area contributed by atoms with Gasteiger partial charge in [-0.1, -0.05) is 13.3 Å². The van der Waals surface area contributed by atoms with Crippen LogP contribution in [0, 0.1) is 11.8 Å². The summed E-state index contributed by atoms with van der Waals surface area (Å²) in [5.74, 6) is 2.09. The number of ether oxygens (including phenoxy) is 1. The van der Waals surface area contributed by atoms with Gasteiger partial charge in [0.1, 0.15) is 5.75 Å². The smallest absolute Gasteiger partial charge is 0.166 e. The van der Waals surface area contributed by atoms with Gasteiger partial charge in [0.2, 0.25) is 0 Å². The molecule has 0 amide bonds. The van der Waals surface area contributed by atoms with Gasteiger partial charge < -0.3 is 4.74 Å². The Bertz CT molecular complexity index is 450. The average Bonchev–Trinajstić information content (AvgIpc) is 2.95. The minimum Gasteiger partial charge on any atom is -0.493 e. The molecular weight excluding hydrogens is 212 g/mol. The highest BCUT2D eigenvalue weighted by Crippen LogP contribution is 2.35. The Morgan fingerprint density at radius 1 is 1.35 bits per heavy atom. The maximum absolute atomic E-state index is 12.4. The molecule has 1 saturated carbocycles. The maximum atomic E-state index is 12.4. The first-order valence-electron chi connectivity index (χ1n) is 6.55. The Labute approximate surface area is 102 Å². The molecular formula is C15H18O2. The average molecular weight is 230 g/mol. The molecule has 1 fully saturated rings. The van der Waals surface area contributed by atoms with Crippen molar-refractivity contribution in [2.45, 2.75) is 32.6 Å². The Balaban J connectivity index is 1.86. The summed E-state index contributed by atoms with van der Waals surface area (Å²) in [7, 11) is 0. The van der Waals surface area contributed by atoms with Gasteiger partial charge in [-0.3, -0.25) is 4.79 Å². The lowest BCUT2D eigenvalue weighted by Gasteiger charge is -2.14. The SMILES string of the molecule is CC1CCCC1C(=O)c1ccc2c(c1)CCO2. The third kappa shape index (κ3) is 1.86. The van der Waals surface area contributed by atoms with Crippen molar-refractivity contribution in [3.05, 3.63) is 29.3 Å². The molecule has 17 heavy (non-hydrogen) atoms. The number of rotatable bonds is 2. The molecule has 0 bridgehead atoms. The zero-order chi connectivity index (χ0) is 11.8. The van der Waals surface area contributed by atoms with Crippen LogP contribution >= 0.6 is 0 Å². The van der Waals surface area contributed by atoms with Gasteiger partial charge in [0.05, 0.1) is 6.61 Å². The summed E-state index contributed by atoms with van der Waals surface area (Å²) < 4.78 is 5.47. The zero-order valence-electron chi connectivity index (χ0n) is 10.2. The quantitative estimate of drug-likeness (QED) is 0.729. The van der Waals surface area contributed by atoms with Crippen molar-refractivity contribution in [1.82, 2.24) is 0 Å². The largest absolute Gasteiger partial charge is 0.493 e. The molecule has 0 N–H and O–H groups in total. The molecule has 1 aliphatic carbocycles. The third-order valence-electron chi connectivity index (χ3n) is 4.17. The first-order chi connectivity index (χ1) is 8.25. The van der Waals surface area contributed by atoms with E-state index in [0.717, 1.165) is 30.8 Å². The Morgan fingerprint density at radius 2 is 2.24 bits per heavy atom. The summed E-state index contributed by atoms with van der Waals surface area (Å²) in [4.78, 5) is 12.4. The van der Waals surface area contributed by atoms with Gasteiger partial charge in [-0.05, 0) is 42.5 Å². The molecule has 1 aliphatic heterocycles. The predicted molar refractivity (Wildman–Crippen MR) is 66.5 cm³/mol. The van der Waals surface area contributed by atoms with Crippen LogP contribution in [0.15, 0.2) is 18.2 Å². The highest BCUT2D eigenvalue weighted by atomic mass is 16.5. The second kappa shape index (κ2) is 4.17. The van der Waals surface area contributed by atoms with Crippen LogP contribution < -0.4 is 4.74 Å². The number of benzene rings is 1. The van der Waals surface area contributed by atoms with E-state index in [2.05, 4.69) is 6.92 Å². The lowest BCUT2D eigenvalue weighted by atomic mass is 9.89. The van der Waals surface area contributed by atoms with E-state index in [1.54, 1.807) is 0 Å². The fourth-order valence-electron chi connectivity index (χ4n) is 3.09. The van der Waals surface area contributed by atoms with Crippen LogP contribution in [0.5, 0.6) is 5.75 Å². The van der Waals surface area contributed by atoms with E-state index >= 15 is 0 Å². The minimum absolute atomic E-state index is 0.246. The Hall–Kier alpha value is -1.31. The molecule has 3 rings (SSSR count). The van der Waals surface area contributed by atoms with Crippen LogP contribution in [-0.4, -0.2) is 12.4 Å². The molecule has 90 valence electrons. The van der Waals surface area contributed by atoms with Crippen molar-refractivity contribution in [1.29, 1.82) is 0 Å². The molecule has 2 unspecified atom stereocenters. The summed E-state index contributed by atoms with van der Waals surface area (Å²) in [6.07, 6.45) is 4.40.